The first-order valence-electron chi connectivity index (χ1n) is 6.93. The average Bonchev–Trinajstić information content (AvgIpc) is 2.49. The lowest BCUT2D eigenvalue weighted by molar-refractivity contribution is -0.322. The van der Waals surface area contributed by atoms with Gasteiger partial charge in [-0.2, -0.15) is 0 Å². The van der Waals surface area contributed by atoms with Gasteiger partial charge in [0.05, 0.1) is 12.7 Å². The highest BCUT2D eigenvalue weighted by Gasteiger charge is 2.45. The summed E-state index contributed by atoms with van der Waals surface area (Å²) in [6.45, 7) is 1.09. The molecule has 0 aliphatic carbocycles. The third-order valence-electron chi connectivity index (χ3n) is 3.92. The zero-order chi connectivity index (χ0) is 16.6. The maximum Gasteiger partial charge on any atom is 0.186 e. The molecule has 2 rings (SSSR count). The van der Waals surface area contributed by atoms with Gasteiger partial charge in [0.1, 0.15) is 42.7 Å². The summed E-state index contributed by atoms with van der Waals surface area (Å²) < 4.78 is 15.3. The van der Waals surface area contributed by atoms with Gasteiger partial charge in [-0.1, -0.05) is 0 Å². The van der Waals surface area contributed by atoms with Crippen LogP contribution in [0.15, 0.2) is 0 Å². The fraction of sp³-hybridized carbons (Fsp3) is 1.00. The van der Waals surface area contributed by atoms with Gasteiger partial charge in [-0.3, -0.25) is 0 Å². The van der Waals surface area contributed by atoms with Crippen LogP contribution >= 0.6 is 0 Å². The van der Waals surface area contributed by atoms with Gasteiger partial charge in [0, 0.05) is 0 Å². The first-order chi connectivity index (χ1) is 10.2. The molecule has 7 N–H and O–H groups in total. The third-order valence-corrected chi connectivity index (χ3v) is 3.92. The Bertz CT molecular complexity index is 334. The Morgan fingerprint density at radius 3 is 1.95 bits per heavy atom. The van der Waals surface area contributed by atoms with Crippen LogP contribution < -0.4 is 0 Å². The van der Waals surface area contributed by atoms with E-state index in [9.17, 15) is 35.7 Å². The molecule has 0 unspecified atom stereocenters. The fourth-order valence-electron chi connectivity index (χ4n) is 2.41. The summed E-state index contributed by atoms with van der Waals surface area (Å²) in [4.78, 5) is 0. The van der Waals surface area contributed by atoms with Gasteiger partial charge in [0.15, 0.2) is 12.6 Å². The summed E-state index contributed by atoms with van der Waals surface area (Å²) in [5.74, 6) is 0. The van der Waals surface area contributed by atoms with Crippen molar-refractivity contribution in [2.75, 3.05) is 6.61 Å². The SMILES string of the molecule is C[C@H]1O[C@H](OC[C@H]2O[C@@H](O)[C@H](O)[C@@H](O)[C@@H]2O)[C@H](O)[C@@H](O)[C@@H]1O. The first kappa shape index (κ1) is 17.9. The fourth-order valence-corrected chi connectivity index (χ4v) is 2.41. The lowest BCUT2D eigenvalue weighted by Crippen LogP contribution is -2.60. The van der Waals surface area contributed by atoms with Gasteiger partial charge < -0.3 is 50.0 Å². The van der Waals surface area contributed by atoms with E-state index in [-0.39, 0.29) is 6.61 Å². The van der Waals surface area contributed by atoms with E-state index in [0.717, 1.165) is 0 Å². The highest BCUT2D eigenvalue weighted by Crippen LogP contribution is 2.24. The monoisotopic (exact) mass is 326 g/mol. The molecule has 10 heteroatoms. The van der Waals surface area contributed by atoms with Crippen molar-refractivity contribution in [3.8, 4) is 0 Å². The van der Waals surface area contributed by atoms with Crippen LogP contribution in [0.2, 0.25) is 0 Å². The van der Waals surface area contributed by atoms with Crippen LogP contribution in [-0.4, -0.2) is 104 Å². The van der Waals surface area contributed by atoms with E-state index < -0.39 is 61.4 Å². The number of hydrogen-bond donors (Lipinski definition) is 7. The summed E-state index contributed by atoms with van der Waals surface area (Å²) >= 11 is 0. The number of hydrogen-bond acceptors (Lipinski definition) is 10. The Morgan fingerprint density at radius 1 is 0.727 bits per heavy atom. The molecule has 0 aromatic carbocycles. The van der Waals surface area contributed by atoms with Crippen LogP contribution in [0.3, 0.4) is 0 Å². The molecular weight excluding hydrogens is 304 g/mol. The van der Waals surface area contributed by atoms with Crippen molar-refractivity contribution in [3.63, 3.8) is 0 Å². The number of rotatable bonds is 3. The summed E-state index contributed by atoms with van der Waals surface area (Å²) in [5.41, 5.74) is 0. The molecule has 0 radical (unpaired) electrons. The van der Waals surface area contributed by atoms with E-state index >= 15 is 0 Å². The average molecular weight is 326 g/mol. The molecule has 2 saturated heterocycles. The smallest absolute Gasteiger partial charge is 0.186 e. The minimum Gasteiger partial charge on any atom is -0.388 e. The van der Waals surface area contributed by atoms with Crippen LogP contribution in [0.25, 0.3) is 0 Å². The second kappa shape index (κ2) is 7.01. The Hall–Kier alpha value is -0.400. The zero-order valence-corrected chi connectivity index (χ0v) is 11.8. The van der Waals surface area contributed by atoms with E-state index in [2.05, 4.69) is 0 Å². The van der Waals surface area contributed by atoms with Crippen molar-refractivity contribution in [1.82, 2.24) is 0 Å². The van der Waals surface area contributed by atoms with Crippen molar-refractivity contribution >= 4 is 0 Å². The number of ether oxygens (including phenoxy) is 3. The highest BCUT2D eigenvalue weighted by molar-refractivity contribution is 4.90. The quantitative estimate of drug-likeness (QED) is 0.269. The summed E-state index contributed by atoms with van der Waals surface area (Å²) in [6, 6.07) is 0. The molecule has 2 aliphatic rings. The molecule has 10 nitrogen and oxygen atoms in total. The van der Waals surface area contributed by atoms with Crippen LogP contribution in [0.1, 0.15) is 6.92 Å². The predicted octanol–water partition coefficient (Wildman–Crippen LogP) is -4.37. The maximum absolute atomic E-state index is 9.76. The molecule has 22 heavy (non-hydrogen) atoms. The number of aliphatic hydroxyl groups excluding tert-OH is 7. The van der Waals surface area contributed by atoms with Gasteiger partial charge >= 0.3 is 0 Å². The van der Waals surface area contributed by atoms with Crippen molar-refractivity contribution in [3.05, 3.63) is 0 Å². The number of aliphatic hydroxyl groups is 7. The molecular formula is C12H22O10. The van der Waals surface area contributed by atoms with E-state index in [1.807, 2.05) is 0 Å². The summed E-state index contributed by atoms with van der Waals surface area (Å²) in [5, 5.41) is 67.0. The normalized spacial score (nSPS) is 53.5. The Labute approximate surface area is 126 Å². The minimum absolute atomic E-state index is 0.390. The lowest BCUT2D eigenvalue weighted by Gasteiger charge is -2.41. The van der Waals surface area contributed by atoms with Crippen LogP contribution in [-0.2, 0) is 14.2 Å². The summed E-state index contributed by atoms with van der Waals surface area (Å²) in [6.07, 6.45) is -14.0. The predicted molar refractivity (Wildman–Crippen MR) is 67.2 cm³/mol. The van der Waals surface area contributed by atoms with Gasteiger partial charge in [-0.15, -0.1) is 0 Å². The second-order valence-corrected chi connectivity index (χ2v) is 5.55. The molecule has 0 spiro atoms. The van der Waals surface area contributed by atoms with Crippen LogP contribution in [0.5, 0.6) is 0 Å². The van der Waals surface area contributed by atoms with Crippen molar-refractivity contribution < 1.29 is 50.0 Å². The van der Waals surface area contributed by atoms with E-state index in [1.165, 1.54) is 6.92 Å². The van der Waals surface area contributed by atoms with Crippen LogP contribution in [0, 0.1) is 0 Å². The Kier molecular flexibility index (Phi) is 5.72. The molecule has 2 aliphatic heterocycles. The van der Waals surface area contributed by atoms with Crippen molar-refractivity contribution in [2.24, 2.45) is 0 Å². The standard InChI is InChI=1S/C12H22O10/c1-3-5(13)7(15)10(18)12(21-3)20-2-4-6(14)8(16)9(17)11(19)22-4/h3-19H,2H2,1H3/t3-,4-,5-,6-,7+,8+,9-,10-,11-,12+/m1/s1. The lowest BCUT2D eigenvalue weighted by atomic mass is 9.99. The van der Waals surface area contributed by atoms with Gasteiger partial charge in [-0.25, -0.2) is 0 Å². The van der Waals surface area contributed by atoms with E-state index in [0.29, 0.717) is 0 Å². The van der Waals surface area contributed by atoms with Gasteiger partial charge in [0.25, 0.3) is 0 Å². The molecule has 0 aromatic heterocycles. The largest absolute Gasteiger partial charge is 0.388 e. The van der Waals surface area contributed by atoms with Gasteiger partial charge in [-0.05, 0) is 6.92 Å². The molecule has 0 aromatic rings. The highest BCUT2D eigenvalue weighted by atomic mass is 16.7. The molecule has 0 bridgehead atoms. The molecule has 0 amide bonds. The van der Waals surface area contributed by atoms with Crippen molar-refractivity contribution in [1.29, 1.82) is 0 Å². The Morgan fingerprint density at radius 2 is 1.32 bits per heavy atom. The second-order valence-electron chi connectivity index (χ2n) is 5.55. The Balaban J connectivity index is 1.92. The molecule has 2 heterocycles. The first-order valence-corrected chi connectivity index (χ1v) is 6.93. The van der Waals surface area contributed by atoms with E-state index in [4.69, 9.17) is 14.2 Å². The van der Waals surface area contributed by atoms with Gasteiger partial charge in [0.2, 0.25) is 0 Å². The molecule has 10 atom stereocenters. The molecule has 0 saturated carbocycles. The van der Waals surface area contributed by atoms with E-state index in [1.54, 1.807) is 0 Å². The zero-order valence-electron chi connectivity index (χ0n) is 11.8. The van der Waals surface area contributed by atoms with Crippen molar-refractivity contribution in [2.45, 2.75) is 68.3 Å². The molecule has 2 fully saturated rings. The molecule has 130 valence electrons. The minimum atomic E-state index is -1.70. The third kappa shape index (κ3) is 3.41. The van der Waals surface area contributed by atoms with Crippen LogP contribution in [0.4, 0.5) is 0 Å². The maximum atomic E-state index is 9.76. The summed E-state index contributed by atoms with van der Waals surface area (Å²) in [7, 11) is 0. The topological polar surface area (TPSA) is 169 Å².